The number of rotatable bonds is 4. The molecule has 1 aliphatic rings. The van der Waals surface area contributed by atoms with E-state index in [1.165, 1.54) is 0 Å². The van der Waals surface area contributed by atoms with Gasteiger partial charge in [0.05, 0.1) is 0 Å². The summed E-state index contributed by atoms with van der Waals surface area (Å²) < 4.78 is 6.45. The number of halogens is 1. The van der Waals surface area contributed by atoms with Crippen molar-refractivity contribution in [2.24, 2.45) is 5.92 Å². The summed E-state index contributed by atoms with van der Waals surface area (Å²) in [4.78, 5) is 13.8. The number of benzene rings is 1. The quantitative estimate of drug-likeness (QED) is 0.920. The van der Waals surface area contributed by atoms with Crippen LogP contribution >= 0.6 is 15.9 Å². The molecule has 1 saturated heterocycles. The number of hydrogen-bond donors (Lipinski definition) is 1. The molecule has 4 nitrogen and oxygen atoms in total. The standard InChI is InChI=1S/C14H18BrNO3/c15-12-3-5-13(6-4-12)19-10-14(18)16-7-1-2-11(8-16)9-17/h3-6,11,17H,1-2,7-10H2. The first-order chi connectivity index (χ1) is 9.19. The van der Waals surface area contributed by atoms with Crippen LogP contribution in [0, 0.1) is 5.92 Å². The van der Waals surface area contributed by atoms with Crippen molar-refractivity contribution in [2.45, 2.75) is 12.8 Å². The van der Waals surface area contributed by atoms with E-state index in [4.69, 9.17) is 9.84 Å². The molecule has 1 amide bonds. The molecule has 19 heavy (non-hydrogen) atoms. The summed E-state index contributed by atoms with van der Waals surface area (Å²) in [5.74, 6) is 0.888. The van der Waals surface area contributed by atoms with Gasteiger partial charge in [-0.3, -0.25) is 4.79 Å². The average molecular weight is 328 g/mol. The molecule has 0 radical (unpaired) electrons. The number of ether oxygens (including phenoxy) is 1. The molecule has 0 saturated carbocycles. The van der Waals surface area contributed by atoms with E-state index in [0.717, 1.165) is 23.9 Å². The third-order valence-corrected chi connectivity index (χ3v) is 3.83. The normalized spacial score (nSPS) is 19.3. The van der Waals surface area contributed by atoms with Gasteiger partial charge >= 0.3 is 0 Å². The van der Waals surface area contributed by atoms with Gasteiger partial charge in [0.1, 0.15) is 5.75 Å². The molecule has 0 aromatic heterocycles. The summed E-state index contributed by atoms with van der Waals surface area (Å²) in [5.41, 5.74) is 0. The molecule has 104 valence electrons. The van der Waals surface area contributed by atoms with Gasteiger partial charge in [-0.2, -0.15) is 0 Å². The third kappa shape index (κ3) is 4.21. The van der Waals surface area contributed by atoms with Crippen LogP contribution in [-0.2, 0) is 4.79 Å². The Morgan fingerprint density at radius 3 is 2.84 bits per heavy atom. The van der Waals surface area contributed by atoms with Gasteiger partial charge in [0.15, 0.2) is 6.61 Å². The Bertz CT molecular complexity index is 421. The van der Waals surface area contributed by atoms with Crippen molar-refractivity contribution in [2.75, 3.05) is 26.3 Å². The Hall–Kier alpha value is -1.07. The molecule has 1 atom stereocenters. The fourth-order valence-electron chi connectivity index (χ4n) is 2.21. The van der Waals surface area contributed by atoms with Gasteiger partial charge in [0, 0.05) is 24.2 Å². The van der Waals surface area contributed by atoms with Crippen molar-refractivity contribution in [3.05, 3.63) is 28.7 Å². The van der Waals surface area contributed by atoms with Gasteiger partial charge in [0.2, 0.25) is 0 Å². The summed E-state index contributed by atoms with van der Waals surface area (Å²) in [7, 11) is 0. The summed E-state index contributed by atoms with van der Waals surface area (Å²) in [6, 6.07) is 7.40. The molecule has 1 fully saturated rings. The van der Waals surface area contributed by atoms with Crippen LogP contribution in [-0.4, -0.2) is 42.2 Å². The van der Waals surface area contributed by atoms with Gasteiger partial charge in [-0.1, -0.05) is 15.9 Å². The maximum atomic E-state index is 12.0. The second-order valence-electron chi connectivity index (χ2n) is 4.77. The van der Waals surface area contributed by atoms with E-state index in [0.29, 0.717) is 12.3 Å². The van der Waals surface area contributed by atoms with Gasteiger partial charge < -0.3 is 14.7 Å². The van der Waals surface area contributed by atoms with Crippen molar-refractivity contribution < 1.29 is 14.6 Å². The average Bonchev–Trinajstić information content (AvgIpc) is 2.46. The van der Waals surface area contributed by atoms with Crippen LogP contribution in [0.3, 0.4) is 0 Å². The lowest BCUT2D eigenvalue weighted by Crippen LogP contribution is -2.43. The Balaban J connectivity index is 1.82. The Kier molecular flexibility index (Phi) is 5.22. The molecular weight excluding hydrogens is 310 g/mol. The van der Waals surface area contributed by atoms with E-state index in [1.807, 2.05) is 24.3 Å². The molecule has 1 heterocycles. The molecule has 1 aromatic rings. The minimum atomic E-state index is -0.0129. The summed E-state index contributed by atoms with van der Waals surface area (Å²) in [5, 5.41) is 9.15. The largest absolute Gasteiger partial charge is 0.484 e. The second kappa shape index (κ2) is 6.91. The fraction of sp³-hybridized carbons (Fsp3) is 0.500. The van der Waals surface area contributed by atoms with Crippen LogP contribution in [0.25, 0.3) is 0 Å². The second-order valence-corrected chi connectivity index (χ2v) is 5.69. The van der Waals surface area contributed by atoms with Crippen molar-refractivity contribution >= 4 is 21.8 Å². The number of carbonyl (C=O) groups excluding carboxylic acids is 1. The van der Waals surface area contributed by atoms with Gasteiger partial charge in [-0.25, -0.2) is 0 Å². The van der Waals surface area contributed by atoms with Crippen LogP contribution in [0.5, 0.6) is 5.75 Å². The lowest BCUT2D eigenvalue weighted by Gasteiger charge is -2.31. The zero-order chi connectivity index (χ0) is 13.7. The molecule has 1 unspecified atom stereocenters. The van der Waals surface area contributed by atoms with E-state index in [2.05, 4.69) is 15.9 Å². The number of nitrogens with zero attached hydrogens (tertiary/aromatic N) is 1. The van der Waals surface area contributed by atoms with E-state index >= 15 is 0 Å². The minimum Gasteiger partial charge on any atom is -0.484 e. The molecule has 0 aliphatic carbocycles. The first-order valence-electron chi connectivity index (χ1n) is 6.46. The first kappa shape index (κ1) is 14.3. The van der Waals surface area contributed by atoms with Crippen LogP contribution in [0.4, 0.5) is 0 Å². The Morgan fingerprint density at radius 2 is 2.16 bits per heavy atom. The van der Waals surface area contributed by atoms with Gasteiger partial charge in [-0.05, 0) is 43.0 Å². The van der Waals surface area contributed by atoms with Crippen LogP contribution < -0.4 is 4.74 Å². The van der Waals surface area contributed by atoms with E-state index in [-0.39, 0.29) is 25.0 Å². The van der Waals surface area contributed by atoms with Gasteiger partial charge in [-0.15, -0.1) is 0 Å². The van der Waals surface area contributed by atoms with E-state index in [9.17, 15) is 4.79 Å². The molecule has 1 aromatic carbocycles. The molecular formula is C14H18BrNO3. The highest BCUT2D eigenvalue weighted by atomic mass is 79.9. The molecule has 0 spiro atoms. The minimum absolute atomic E-state index is 0.0129. The topological polar surface area (TPSA) is 49.8 Å². The highest BCUT2D eigenvalue weighted by molar-refractivity contribution is 9.10. The van der Waals surface area contributed by atoms with Crippen LogP contribution in [0.2, 0.25) is 0 Å². The smallest absolute Gasteiger partial charge is 0.260 e. The summed E-state index contributed by atoms with van der Waals surface area (Å²) >= 11 is 3.35. The number of aliphatic hydroxyl groups is 1. The number of amides is 1. The molecule has 1 aliphatic heterocycles. The highest BCUT2D eigenvalue weighted by Crippen LogP contribution is 2.18. The SMILES string of the molecule is O=C(COc1ccc(Br)cc1)N1CCCC(CO)C1. The third-order valence-electron chi connectivity index (χ3n) is 3.31. The molecule has 2 rings (SSSR count). The predicted octanol–water partition coefficient (Wildman–Crippen LogP) is 2.06. The van der Waals surface area contributed by atoms with Crippen molar-refractivity contribution in [3.63, 3.8) is 0 Å². The maximum absolute atomic E-state index is 12.0. The highest BCUT2D eigenvalue weighted by Gasteiger charge is 2.23. The zero-order valence-electron chi connectivity index (χ0n) is 10.7. The van der Waals surface area contributed by atoms with Crippen molar-refractivity contribution in [1.29, 1.82) is 0 Å². The van der Waals surface area contributed by atoms with E-state index < -0.39 is 0 Å². The number of aliphatic hydroxyl groups excluding tert-OH is 1. The van der Waals surface area contributed by atoms with Crippen LogP contribution in [0.1, 0.15) is 12.8 Å². The van der Waals surface area contributed by atoms with Crippen LogP contribution in [0.15, 0.2) is 28.7 Å². The number of piperidine rings is 1. The molecule has 1 N–H and O–H groups in total. The summed E-state index contributed by atoms with van der Waals surface area (Å²) in [6.45, 7) is 1.61. The maximum Gasteiger partial charge on any atom is 0.260 e. The van der Waals surface area contributed by atoms with E-state index in [1.54, 1.807) is 4.90 Å². The number of hydrogen-bond acceptors (Lipinski definition) is 3. The lowest BCUT2D eigenvalue weighted by molar-refractivity contribution is -0.135. The lowest BCUT2D eigenvalue weighted by atomic mass is 9.99. The fourth-order valence-corrected chi connectivity index (χ4v) is 2.47. The Morgan fingerprint density at radius 1 is 1.42 bits per heavy atom. The first-order valence-corrected chi connectivity index (χ1v) is 7.25. The molecule has 0 bridgehead atoms. The summed E-state index contributed by atoms with van der Waals surface area (Å²) in [6.07, 6.45) is 1.95. The predicted molar refractivity (Wildman–Crippen MR) is 76.0 cm³/mol. The Labute approximate surface area is 121 Å². The number of likely N-dealkylation sites (tertiary alicyclic amines) is 1. The number of carbonyl (C=O) groups is 1. The van der Waals surface area contributed by atoms with Crippen molar-refractivity contribution in [3.8, 4) is 5.75 Å². The molecule has 5 heteroatoms. The van der Waals surface area contributed by atoms with Gasteiger partial charge in [0.25, 0.3) is 5.91 Å². The monoisotopic (exact) mass is 327 g/mol. The van der Waals surface area contributed by atoms with Crippen molar-refractivity contribution in [1.82, 2.24) is 4.90 Å². The zero-order valence-corrected chi connectivity index (χ0v) is 12.3.